The molecule has 6 heteroatoms. The Morgan fingerprint density at radius 2 is 2.17 bits per heavy atom. The van der Waals surface area contributed by atoms with E-state index in [2.05, 4.69) is 27.2 Å². The molecule has 1 fully saturated rings. The number of nitrogens with zero attached hydrogens (tertiary/aromatic N) is 3. The van der Waals surface area contributed by atoms with Crippen molar-refractivity contribution in [1.82, 2.24) is 14.9 Å². The van der Waals surface area contributed by atoms with Crippen molar-refractivity contribution in [3.8, 4) is 0 Å². The molecule has 0 unspecified atom stereocenters. The molecule has 0 amide bonds. The molecule has 0 saturated carbocycles. The van der Waals surface area contributed by atoms with Gasteiger partial charge in [0.25, 0.3) is 0 Å². The zero-order valence-corrected chi connectivity index (χ0v) is 11.2. The summed E-state index contributed by atoms with van der Waals surface area (Å²) in [5.41, 5.74) is 6.68. The van der Waals surface area contributed by atoms with Gasteiger partial charge in [0.2, 0.25) is 5.95 Å². The molecule has 1 saturated heterocycles. The highest BCUT2D eigenvalue weighted by molar-refractivity contribution is 7.17. The molecule has 2 aromatic heterocycles. The van der Waals surface area contributed by atoms with E-state index >= 15 is 0 Å². The van der Waals surface area contributed by atoms with Crippen LogP contribution < -0.4 is 11.1 Å². The van der Waals surface area contributed by atoms with Crippen molar-refractivity contribution in [2.24, 2.45) is 0 Å². The van der Waals surface area contributed by atoms with Crippen LogP contribution in [0.5, 0.6) is 0 Å². The summed E-state index contributed by atoms with van der Waals surface area (Å²) in [5, 5.41) is 5.55. The predicted octanol–water partition coefficient (Wildman–Crippen LogP) is 1.78. The summed E-state index contributed by atoms with van der Waals surface area (Å²) >= 11 is 1.66. The van der Waals surface area contributed by atoms with E-state index in [0.717, 1.165) is 42.0 Å². The molecular weight excluding hydrogens is 246 g/mol. The van der Waals surface area contributed by atoms with Crippen LogP contribution in [0.15, 0.2) is 11.4 Å². The third-order valence-electron chi connectivity index (χ3n) is 3.38. The molecule has 18 heavy (non-hydrogen) atoms. The standard InChI is InChI=1S/C12H17N5S/c1-17-5-2-8(3-6-17)14-11-10-9(4-7-18-10)15-12(13)16-11/h4,7-8H,2-3,5-6H2,1H3,(H3,13,14,15,16). The van der Waals surface area contributed by atoms with E-state index in [-0.39, 0.29) is 0 Å². The molecule has 0 radical (unpaired) electrons. The quantitative estimate of drug-likeness (QED) is 0.864. The second kappa shape index (κ2) is 4.70. The number of likely N-dealkylation sites (tertiary alicyclic amines) is 1. The Bertz CT molecular complexity index is 544. The van der Waals surface area contributed by atoms with Crippen LogP contribution in [-0.4, -0.2) is 41.0 Å². The smallest absolute Gasteiger partial charge is 0.222 e. The first-order valence-corrected chi connectivity index (χ1v) is 7.06. The fourth-order valence-corrected chi connectivity index (χ4v) is 3.11. The Morgan fingerprint density at radius 3 is 2.94 bits per heavy atom. The minimum Gasteiger partial charge on any atom is -0.368 e. The Morgan fingerprint density at radius 1 is 1.39 bits per heavy atom. The monoisotopic (exact) mass is 263 g/mol. The van der Waals surface area contributed by atoms with Crippen molar-refractivity contribution in [2.45, 2.75) is 18.9 Å². The van der Waals surface area contributed by atoms with E-state index in [0.29, 0.717) is 12.0 Å². The number of nitrogen functional groups attached to an aromatic ring is 1. The van der Waals surface area contributed by atoms with Gasteiger partial charge in [-0.2, -0.15) is 4.98 Å². The van der Waals surface area contributed by atoms with Crippen LogP contribution in [0.2, 0.25) is 0 Å². The fourth-order valence-electron chi connectivity index (χ4n) is 2.33. The third kappa shape index (κ3) is 2.26. The molecule has 0 spiro atoms. The number of thiophene rings is 1. The van der Waals surface area contributed by atoms with Gasteiger partial charge in [0.05, 0.1) is 10.2 Å². The number of aromatic nitrogens is 2. The zero-order valence-electron chi connectivity index (χ0n) is 10.4. The molecule has 3 N–H and O–H groups in total. The van der Waals surface area contributed by atoms with Crippen molar-refractivity contribution >= 4 is 33.3 Å². The lowest BCUT2D eigenvalue weighted by atomic mass is 10.1. The lowest BCUT2D eigenvalue weighted by Gasteiger charge is -2.29. The number of hydrogen-bond acceptors (Lipinski definition) is 6. The first kappa shape index (κ1) is 11.7. The van der Waals surface area contributed by atoms with E-state index in [1.165, 1.54) is 0 Å². The van der Waals surface area contributed by atoms with Crippen LogP contribution in [0.3, 0.4) is 0 Å². The third-order valence-corrected chi connectivity index (χ3v) is 4.29. The topological polar surface area (TPSA) is 67.1 Å². The SMILES string of the molecule is CN1CCC(Nc2nc(N)nc3ccsc23)CC1. The molecule has 3 rings (SSSR count). The predicted molar refractivity (Wildman–Crippen MR) is 76.0 cm³/mol. The van der Waals surface area contributed by atoms with Crippen LogP contribution in [-0.2, 0) is 0 Å². The lowest BCUT2D eigenvalue weighted by molar-refractivity contribution is 0.264. The van der Waals surface area contributed by atoms with E-state index in [1.807, 2.05) is 11.4 Å². The number of hydrogen-bond donors (Lipinski definition) is 2. The van der Waals surface area contributed by atoms with Crippen LogP contribution >= 0.6 is 11.3 Å². The minimum absolute atomic E-state index is 0.344. The average molecular weight is 263 g/mol. The molecule has 1 aliphatic rings. The van der Waals surface area contributed by atoms with E-state index < -0.39 is 0 Å². The summed E-state index contributed by atoms with van der Waals surface area (Å²) in [6.07, 6.45) is 2.29. The van der Waals surface area contributed by atoms with Gasteiger partial charge in [-0.15, -0.1) is 11.3 Å². The molecule has 1 aliphatic heterocycles. The zero-order chi connectivity index (χ0) is 12.5. The lowest BCUT2D eigenvalue weighted by Crippen LogP contribution is -2.36. The van der Waals surface area contributed by atoms with E-state index in [4.69, 9.17) is 5.73 Å². The van der Waals surface area contributed by atoms with E-state index in [9.17, 15) is 0 Å². The first-order valence-electron chi connectivity index (χ1n) is 6.18. The number of rotatable bonds is 2. The van der Waals surface area contributed by atoms with Gasteiger partial charge in [-0.05, 0) is 44.4 Å². The van der Waals surface area contributed by atoms with Crippen molar-refractivity contribution in [3.05, 3.63) is 11.4 Å². The molecule has 0 atom stereocenters. The molecule has 0 aromatic carbocycles. The number of piperidine rings is 1. The highest BCUT2D eigenvalue weighted by Crippen LogP contribution is 2.28. The van der Waals surface area contributed by atoms with Gasteiger partial charge < -0.3 is 16.0 Å². The van der Waals surface area contributed by atoms with Gasteiger partial charge in [0, 0.05) is 6.04 Å². The average Bonchev–Trinajstić information content (AvgIpc) is 2.80. The maximum atomic E-state index is 5.75. The summed E-state index contributed by atoms with van der Waals surface area (Å²) in [4.78, 5) is 10.9. The number of anilines is 2. The van der Waals surface area contributed by atoms with Gasteiger partial charge in [0.15, 0.2) is 0 Å². The van der Waals surface area contributed by atoms with Crippen LogP contribution in [0.1, 0.15) is 12.8 Å². The Hall–Kier alpha value is -1.40. The summed E-state index contributed by atoms with van der Waals surface area (Å²) < 4.78 is 1.10. The normalized spacial score (nSPS) is 18.3. The molecule has 0 aliphatic carbocycles. The van der Waals surface area contributed by atoms with Gasteiger partial charge in [-0.3, -0.25) is 0 Å². The maximum absolute atomic E-state index is 5.75. The van der Waals surface area contributed by atoms with Gasteiger partial charge >= 0.3 is 0 Å². The summed E-state index contributed by atoms with van der Waals surface area (Å²) in [6, 6.07) is 2.47. The number of fused-ring (bicyclic) bond motifs is 1. The Kier molecular flexibility index (Phi) is 3.05. The molecule has 0 bridgehead atoms. The van der Waals surface area contributed by atoms with Crippen LogP contribution in [0, 0.1) is 0 Å². The molecule has 96 valence electrons. The maximum Gasteiger partial charge on any atom is 0.222 e. The molecule has 3 heterocycles. The largest absolute Gasteiger partial charge is 0.368 e. The second-order valence-corrected chi connectivity index (χ2v) is 5.70. The highest BCUT2D eigenvalue weighted by atomic mass is 32.1. The van der Waals surface area contributed by atoms with E-state index in [1.54, 1.807) is 11.3 Å². The highest BCUT2D eigenvalue weighted by Gasteiger charge is 2.18. The summed E-state index contributed by atoms with van der Waals surface area (Å²) in [5.74, 6) is 1.23. The van der Waals surface area contributed by atoms with Crippen molar-refractivity contribution < 1.29 is 0 Å². The van der Waals surface area contributed by atoms with Gasteiger partial charge in [-0.25, -0.2) is 4.98 Å². The fraction of sp³-hybridized carbons (Fsp3) is 0.500. The minimum atomic E-state index is 0.344. The summed E-state index contributed by atoms with van der Waals surface area (Å²) in [7, 11) is 2.16. The summed E-state index contributed by atoms with van der Waals surface area (Å²) in [6.45, 7) is 2.26. The Labute approximate surface area is 110 Å². The number of nitrogens with one attached hydrogen (secondary N) is 1. The van der Waals surface area contributed by atoms with Crippen LogP contribution in [0.25, 0.3) is 10.2 Å². The molecular formula is C12H17N5S. The van der Waals surface area contributed by atoms with Gasteiger partial charge in [-0.1, -0.05) is 0 Å². The molecule has 2 aromatic rings. The second-order valence-electron chi connectivity index (χ2n) is 4.79. The van der Waals surface area contributed by atoms with Gasteiger partial charge in [0.1, 0.15) is 5.82 Å². The van der Waals surface area contributed by atoms with Crippen molar-refractivity contribution in [1.29, 1.82) is 0 Å². The van der Waals surface area contributed by atoms with Crippen LogP contribution in [0.4, 0.5) is 11.8 Å². The molecule has 5 nitrogen and oxygen atoms in total. The van der Waals surface area contributed by atoms with Crippen molar-refractivity contribution in [2.75, 3.05) is 31.2 Å². The number of nitrogens with two attached hydrogens (primary N) is 1. The van der Waals surface area contributed by atoms with Crippen molar-refractivity contribution in [3.63, 3.8) is 0 Å². The Balaban J connectivity index is 1.83. The first-order chi connectivity index (χ1) is 8.72.